The van der Waals surface area contributed by atoms with Gasteiger partial charge < -0.3 is 4.74 Å². The van der Waals surface area contributed by atoms with Crippen molar-refractivity contribution < 1.29 is 4.74 Å². The van der Waals surface area contributed by atoms with Gasteiger partial charge in [-0.1, -0.05) is 6.92 Å². The average molecular weight is 154 g/mol. The summed E-state index contributed by atoms with van der Waals surface area (Å²) in [5, 5.41) is 8.50. The van der Waals surface area contributed by atoms with E-state index in [0.717, 1.165) is 26.2 Å². The SMILES string of the molecule is CC[C@H]1COCCN1CC#N. The van der Waals surface area contributed by atoms with Crippen molar-refractivity contribution in [3.05, 3.63) is 0 Å². The molecule has 0 radical (unpaired) electrons. The molecule has 0 aromatic rings. The molecule has 0 aliphatic carbocycles. The predicted octanol–water partition coefficient (Wildman–Crippen LogP) is 0.621. The van der Waals surface area contributed by atoms with E-state index >= 15 is 0 Å². The van der Waals surface area contributed by atoms with Gasteiger partial charge in [0, 0.05) is 12.6 Å². The molecule has 0 amide bonds. The summed E-state index contributed by atoms with van der Waals surface area (Å²) in [7, 11) is 0. The topological polar surface area (TPSA) is 36.3 Å². The fourth-order valence-corrected chi connectivity index (χ4v) is 1.36. The van der Waals surface area contributed by atoms with Crippen LogP contribution in [0.4, 0.5) is 0 Å². The molecule has 0 unspecified atom stereocenters. The van der Waals surface area contributed by atoms with Crippen LogP contribution in [0, 0.1) is 11.3 Å². The van der Waals surface area contributed by atoms with E-state index in [1.807, 2.05) is 0 Å². The van der Waals surface area contributed by atoms with Crippen molar-refractivity contribution >= 4 is 0 Å². The molecule has 1 aliphatic rings. The first kappa shape index (κ1) is 8.51. The van der Waals surface area contributed by atoms with Crippen LogP contribution >= 0.6 is 0 Å². The monoisotopic (exact) mass is 154 g/mol. The maximum absolute atomic E-state index is 8.50. The van der Waals surface area contributed by atoms with Crippen LogP contribution in [0.2, 0.25) is 0 Å². The first-order valence-electron chi connectivity index (χ1n) is 4.07. The van der Waals surface area contributed by atoms with Crippen molar-refractivity contribution in [1.29, 1.82) is 5.26 Å². The normalized spacial score (nSPS) is 26.4. The van der Waals surface area contributed by atoms with Crippen LogP contribution in [0.5, 0.6) is 0 Å². The molecule has 0 N–H and O–H groups in total. The number of hydrogen-bond acceptors (Lipinski definition) is 3. The Balaban J connectivity index is 2.39. The second-order valence-electron chi connectivity index (χ2n) is 2.77. The number of morpholine rings is 1. The minimum Gasteiger partial charge on any atom is -0.378 e. The van der Waals surface area contributed by atoms with Crippen LogP contribution < -0.4 is 0 Å². The highest BCUT2D eigenvalue weighted by molar-refractivity contribution is 4.82. The van der Waals surface area contributed by atoms with E-state index < -0.39 is 0 Å². The summed E-state index contributed by atoms with van der Waals surface area (Å²) in [6.45, 7) is 5.15. The zero-order valence-electron chi connectivity index (χ0n) is 6.92. The minimum atomic E-state index is 0.461. The van der Waals surface area contributed by atoms with Crippen LogP contribution in [-0.4, -0.2) is 37.2 Å². The Hall–Kier alpha value is -0.590. The smallest absolute Gasteiger partial charge is 0.0869 e. The molecule has 3 heteroatoms. The van der Waals surface area contributed by atoms with Crippen LogP contribution in [0.1, 0.15) is 13.3 Å². The summed E-state index contributed by atoms with van der Waals surface area (Å²) >= 11 is 0. The standard InChI is InChI=1S/C8H14N2O/c1-2-8-7-11-6-5-10(8)4-3-9/h8H,2,4-7H2,1H3/t8-/m0/s1. The highest BCUT2D eigenvalue weighted by atomic mass is 16.5. The van der Waals surface area contributed by atoms with Gasteiger partial charge in [0.15, 0.2) is 0 Å². The van der Waals surface area contributed by atoms with Gasteiger partial charge >= 0.3 is 0 Å². The summed E-state index contributed by atoms with van der Waals surface area (Å²) in [5.41, 5.74) is 0. The summed E-state index contributed by atoms with van der Waals surface area (Å²) in [6, 6.07) is 2.63. The summed E-state index contributed by atoms with van der Waals surface area (Å²) < 4.78 is 5.30. The lowest BCUT2D eigenvalue weighted by molar-refractivity contribution is -0.00196. The maximum atomic E-state index is 8.50. The Kier molecular flexibility index (Phi) is 3.34. The maximum Gasteiger partial charge on any atom is 0.0869 e. The van der Waals surface area contributed by atoms with E-state index in [2.05, 4.69) is 17.9 Å². The van der Waals surface area contributed by atoms with Gasteiger partial charge in [0.1, 0.15) is 0 Å². The molecule has 1 atom stereocenters. The summed E-state index contributed by atoms with van der Waals surface area (Å²) in [4.78, 5) is 2.18. The third kappa shape index (κ3) is 2.18. The molecule has 1 saturated heterocycles. The fraction of sp³-hybridized carbons (Fsp3) is 0.875. The Bertz CT molecular complexity index is 153. The molecule has 1 fully saturated rings. The third-order valence-corrected chi connectivity index (χ3v) is 2.09. The molecule has 1 rings (SSSR count). The van der Waals surface area contributed by atoms with Gasteiger partial charge in [-0.05, 0) is 6.42 Å². The quantitative estimate of drug-likeness (QED) is 0.547. The number of hydrogen-bond donors (Lipinski definition) is 0. The average Bonchev–Trinajstić information content (AvgIpc) is 2.06. The van der Waals surface area contributed by atoms with Gasteiger partial charge in [0.2, 0.25) is 0 Å². The first-order valence-corrected chi connectivity index (χ1v) is 4.07. The predicted molar refractivity (Wildman–Crippen MR) is 42.1 cm³/mol. The van der Waals surface area contributed by atoms with Gasteiger partial charge in [-0.2, -0.15) is 5.26 Å². The Morgan fingerprint density at radius 3 is 3.18 bits per heavy atom. The van der Waals surface area contributed by atoms with E-state index in [1.165, 1.54) is 0 Å². The van der Waals surface area contributed by atoms with Crippen molar-refractivity contribution in [2.24, 2.45) is 0 Å². The summed E-state index contributed by atoms with van der Waals surface area (Å²) in [6.07, 6.45) is 1.07. The zero-order valence-corrected chi connectivity index (χ0v) is 6.92. The molecular formula is C8H14N2O. The van der Waals surface area contributed by atoms with E-state index in [4.69, 9.17) is 10.00 Å². The van der Waals surface area contributed by atoms with Crippen molar-refractivity contribution in [3.63, 3.8) is 0 Å². The Morgan fingerprint density at radius 1 is 1.73 bits per heavy atom. The van der Waals surface area contributed by atoms with Crippen molar-refractivity contribution in [1.82, 2.24) is 4.90 Å². The highest BCUT2D eigenvalue weighted by Gasteiger charge is 2.20. The van der Waals surface area contributed by atoms with E-state index in [0.29, 0.717) is 12.6 Å². The number of rotatable bonds is 2. The Morgan fingerprint density at radius 2 is 2.55 bits per heavy atom. The summed E-state index contributed by atoms with van der Waals surface area (Å²) in [5.74, 6) is 0. The van der Waals surface area contributed by atoms with Gasteiger partial charge in [-0.15, -0.1) is 0 Å². The fourth-order valence-electron chi connectivity index (χ4n) is 1.36. The highest BCUT2D eigenvalue weighted by Crippen LogP contribution is 2.08. The van der Waals surface area contributed by atoms with Crippen LogP contribution in [0.15, 0.2) is 0 Å². The van der Waals surface area contributed by atoms with Crippen LogP contribution in [0.25, 0.3) is 0 Å². The van der Waals surface area contributed by atoms with Gasteiger partial charge in [-0.25, -0.2) is 0 Å². The van der Waals surface area contributed by atoms with E-state index in [-0.39, 0.29) is 0 Å². The van der Waals surface area contributed by atoms with Crippen molar-refractivity contribution in [3.8, 4) is 6.07 Å². The lowest BCUT2D eigenvalue weighted by Crippen LogP contribution is -2.45. The van der Waals surface area contributed by atoms with E-state index in [1.54, 1.807) is 0 Å². The number of nitrogens with zero attached hydrogens (tertiary/aromatic N) is 2. The molecular weight excluding hydrogens is 140 g/mol. The van der Waals surface area contributed by atoms with Crippen LogP contribution in [-0.2, 0) is 4.74 Å². The van der Waals surface area contributed by atoms with Gasteiger partial charge in [0.25, 0.3) is 0 Å². The molecule has 0 aromatic heterocycles. The molecule has 62 valence electrons. The molecule has 0 spiro atoms. The first-order chi connectivity index (χ1) is 5.38. The molecule has 0 saturated carbocycles. The molecule has 0 aromatic carbocycles. The second-order valence-corrected chi connectivity index (χ2v) is 2.77. The molecule has 11 heavy (non-hydrogen) atoms. The Labute approximate surface area is 67.6 Å². The lowest BCUT2D eigenvalue weighted by Gasteiger charge is -2.32. The molecule has 0 bridgehead atoms. The number of ether oxygens (including phenoxy) is 1. The second kappa shape index (κ2) is 4.32. The van der Waals surface area contributed by atoms with Crippen molar-refractivity contribution in [2.75, 3.05) is 26.3 Å². The lowest BCUT2D eigenvalue weighted by atomic mass is 10.2. The van der Waals surface area contributed by atoms with Gasteiger partial charge in [-0.3, -0.25) is 4.90 Å². The van der Waals surface area contributed by atoms with Crippen LogP contribution in [0.3, 0.4) is 0 Å². The zero-order chi connectivity index (χ0) is 8.10. The molecule has 1 heterocycles. The third-order valence-electron chi connectivity index (χ3n) is 2.09. The largest absolute Gasteiger partial charge is 0.378 e. The van der Waals surface area contributed by atoms with Gasteiger partial charge in [0.05, 0.1) is 25.8 Å². The van der Waals surface area contributed by atoms with Crippen molar-refractivity contribution in [2.45, 2.75) is 19.4 Å². The molecule has 3 nitrogen and oxygen atoms in total. The van der Waals surface area contributed by atoms with E-state index in [9.17, 15) is 0 Å². The number of nitriles is 1. The molecule has 1 aliphatic heterocycles. The minimum absolute atomic E-state index is 0.461.